The van der Waals surface area contributed by atoms with Crippen LogP contribution in [0.5, 0.6) is 0 Å². The summed E-state index contributed by atoms with van der Waals surface area (Å²) < 4.78 is 5.63. The molecule has 1 unspecified atom stereocenters. The molecule has 1 fully saturated rings. The van der Waals surface area contributed by atoms with E-state index in [9.17, 15) is 19.5 Å². The van der Waals surface area contributed by atoms with Crippen molar-refractivity contribution >= 4 is 18.0 Å². The molecule has 3 N–H and O–H groups in total. The topological polar surface area (TPSA) is 105 Å². The van der Waals surface area contributed by atoms with Crippen LogP contribution in [0.4, 0.5) is 4.79 Å². The first-order valence-corrected chi connectivity index (χ1v) is 12.0. The Morgan fingerprint density at radius 2 is 1.56 bits per heavy atom. The Morgan fingerprint density at radius 1 is 0.971 bits per heavy atom. The van der Waals surface area contributed by atoms with Crippen molar-refractivity contribution in [3.63, 3.8) is 0 Å². The Morgan fingerprint density at radius 3 is 2.09 bits per heavy atom. The van der Waals surface area contributed by atoms with Crippen molar-refractivity contribution in [2.75, 3.05) is 6.61 Å². The molecule has 2 aromatic rings. The maximum absolute atomic E-state index is 12.7. The average molecular weight is 465 g/mol. The number of carboxylic acids is 1. The number of fused-ring (bicyclic) bond motifs is 3. The van der Waals surface area contributed by atoms with Crippen LogP contribution in [0.15, 0.2) is 48.5 Å². The second-order valence-electron chi connectivity index (χ2n) is 9.71. The van der Waals surface area contributed by atoms with E-state index in [2.05, 4.69) is 34.9 Å². The fourth-order valence-electron chi connectivity index (χ4n) is 4.77. The number of nitrogens with one attached hydrogen (secondary N) is 2. The Balaban J connectivity index is 1.34. The zero-order valence-corrected chi connectivity index (χ0v) is 19.6. The number of hydrogen-bond acceptors (Lipinski definition) is 4. The summed E-state index contributed by atoms with van der Waals surface area (Å²) >= 11 is 0. The standard InChI is InChI=1S/C27H32N2O5/c1-16(2)13-24(26(31)32)28-25(30)14-23(17-11-12-17)29-27(33)34-15-22-20-9-5-3-7-18(20)19-8-4-6-10-21(19)22/h3-10,16-17,22-24H,11-15H2,1-2H3,(H,28,30)(H,29,33)(H,31,32)/t23?,24-/m1/s1. The van der Waals surface area contributed by atoms with Gasteiger partial charge in [0.15, 0.2) is 0 Å². The highest BCUT2D eigenvalue weighted by atomic mass is 16.5. The zero-order valence-electron chi connectivity index (χ0n) is 19.6. The molecule has 0 radical (unpaired) electrons. The van der Waals surface area contributed by atoms with E-state index in [4.69, 9.17) is 4.74 Å². The third-order valence-electron chi connectivity index (χ3n) is 6.58. The molecule has 0 aromatic heterocycles. The predicted octanol–water partition coefficient (Wildman–Crippen LogP) is 4.31. The fourth-order valence-corrected chi connectivity index (χ4v) is 4.77. The largest absolute Gasteiger partial charge is 0.480 e. The van der Waals surface area contributed by atoms with Gasteiger partial charge in [-0.15, -0.1) is 0 Å². The van der Waals surface area contributed by atoms with Gasteiger partial charge in [0.05, 0.1) is 0 Å². The summed E-state index contributed by atoms with van der Waals surface area (Å²) in [6, 6.07) is 15.0. The summed E-state index contributed by atoms with van der Waals surface area (Å²) in [5.41, 5.74) is 4.60. The van der Waals surface area contributed by atoms with Crippen molar-refractivity contribution < 1.29 is 24.2 Å². The van der Waals surface area contributed by atoms with Crippen LogP contribution in [0.25, 0.3) is 11.1 Å². The molecule has 2 atom stereocenters. The Bertz CT molecular complexity index is 1020. The Hall–Kier alpha value is -3.35. The number of carbonyl (C=O) groups is 3. The molecule has 2 aliphatic rings. The van der Waals surface area contributed by atoms with Crippen molar-refractivity contribution in [2.24, 2.45) is 11.8 Å². The third-order valence-corrected chi connectivity index (χ3v) is 6.58. The first kappa shape index (κ1) is 23.8. The van der Waals surface area contributed by atoms with Crippen molar-refractivity contribution in [1.29, 1.82) is 0 Å². The second kappa shape index (κ2) is 10.3. The van der Waals surface area contributed by atoms with Crippen LogP contribution in [0.1, 0.15) is 56.6 Å². The monoisotopic (exact) mass is 464 g/mol. The van der Waals surface area contributed by atoms with E-state index < -0.39 is 18.1 Å². The highest BCUT2D eigenvalue weighted by molar-refractivity contribution is 5.84. The van der Waals surface area contributed by atoms with E-state index >= 15 is 0 Å². The molecule has 2 amide bonds. The van der Waals surface area contributed by atoms with Crippen molar-refractivity contribution in [3.05, 3.63) is 59.7 Å². The molecular formula is C27H32N2O5. The van der Waals surface area contributed by atoms with Gasteiger partial charge in [0.25, 0.3) is 0 Å². The molecule has 2 aromatic carbocycles. The van der Waals surface area contributed by atoms with E-state index in [1.54, 1.807) is 0 Å². The van der Waals surface area contributed by atoms with Gasteiger partial charge >= 0.3 is 12.1 Å². The molecule has 0 saturated heterocycles. The lowest BCUT2D eigenvalue weighted by Crippen LogP contribution is -2.46. The summed E-state index contributed by atoms with van der Waals surface area (Å²) in [6.45, 7) is 4.03. The summed E-state index contributed by atoms with van der Waals surface area (Å²) in [5, 5.41) is 14.8. The van der Waals surface area contributed by atoms with Crippen molar-refractivity contribution in [3.8, 4) is 11.1 Å². The highest BCUT2D eigenvalue weighted by Crippen LogP contribution is 2.44. The number of alkyl carbamates (subject to hydrolysis) is 1. The molecule has 0 spiro atoms. The van der Waals surface area contributed by atoms with Crippen LogP contribution in [-0.4, -0.2) is 41.8 Å². The minimum absolute atomic E-state index is 0.0341. The van der Waals surface area contributed by atoms with E-state index in [0.29, 0.717) is 6.42 Å². The normalized spacial score (nSPS) is 16.3. The maximum atomic E-state index is 12.7. The number of rotatable bonds is 10. The molecule has 2 aliphatic carbocycles. The van der Waals surface area contributed by atoms with Crippen molar-refractivity contribution in [1.82, 2.24) is 10.6 Å². The van der Waals surface area contributed by atoms with Gasteiger partial charge in [-0.2, -0.15) is 0 Å². The lowest BCUT2D eigenvalue weighted by Gasteiger charge is -2.21. The van der Waals surface area contributed by atoms with E-state index in [0.717, 1.165) is 35.1 Å². The van der Waals surface area contributed by atoms with Crippen LogP contribution in [0, 0.1) is 11.8 Å². The predicted molar refractivity (Wildman–Crippen MR) is 128 cm³/mol. The van der Waals surface area contributed by atoms with Crippen LogP contribution in [0.2, 0.25) is 0 Å². The molecular weight excluding hydrogens is 432 g/mol. The van der Waals surface area contributed by atoms with Crippen LogP contribution < -0.4 is 10.6 Å². The summed E-state index contributed by atoms with van der Waals surface area (Å²) in [6.07, 6.45) is 1.70. The van der Waals surface area contributed by atoms with Gasteiger partial charge in [-0.25, -0.2) is 9.59 Å². The van der Waals surface area contributed by atoms with Gasteiger partial charge in [0, 0.05) is 18.4 Å². The number of carboxylic acid groups (broad SMARTS) is 1. The SMILES string of the molecule is CC(C)C[C@@H](NC(=O)CC(NC(=O)OCC1c2ccccc2-c2ccccc21)C1CC1)C(=O)O. The quantitative estimate of drug-likeness (QED) is 0.486. The smallest absolute Gasteiger partial charge is 0.407 e. The van der Waals surface area contributed by atoms with Crippen LogP contribution in [-0.2, 0) is 14.3 Å². The third kappa shape index (κ3) is 5.58. The van der Waals surface area contributed by atoms with Gasteiger partial charge < -0.3 is 20.5 Å². The summed E-state index contributed by atoms with van der Waals surface area (Å²) in [7, 11) is 0. The fraction of sp³-hybridized carbons (Fsp3) is 0.444. The summed E-state index contributed by atoms with van der Waals surface area (Å²) in [4.78, 5) is 36.7. The maximum Gasteiger partial charge on any atom is 0.407 e. The molecule has 0 bridgehead atoms. The van der Waals surface area contributed by atoms with Gasteiger partial charge in [-0.1, -0.05) is 62.4 Å². The molecule has 7 nitrogen and oxygen atoms in total. The molecule has 0 heterocycles. The lowest BCUT2D eigenvalue weighted by atomic mass is 9.98. The van der Waals surface area contributed by atoms with Crippen molar-refractivity contribution in [2.45, 2.75) is 57.5 Å². The minimum atomic E-state index is -1.05. The number of aliphatic carboxylic acids is 1. The minimum Gasteiger partial charge on any atom is -0.480 e. The van der Waals surface area contributed by atoms with Gasteiger partial charge in [0.1, 0.15) is 12.6 Å². The number of amides is 2. The first-order valence-electron chi connectivity index (χ1n) is 12.0. The molecule has 180 valence electrons. The zero-order chi connectivity index (χ0) is 24.2. The van der Waals surface area contributed by atoms with E-state index in [-0.39, 0.29) is 42.7 Å². The summed E-state index contributed by atoms with van der Waals surface area (Å²) in [5.74, 6) is -1.11. The number of benzene rings is 2. The Kier molecular flexibility index (Phi) is 7.20. The van der Waals surface area contributed by atoms with E-state index in [1.807, 2.05) is 38.1 Å². The van der Waals surface area contributed by atoms with Gasteiger partial charge in [-0.05, 0) is 53.4 Å². The molecule has 34 heavy (non-hydrogen) atoms. The number of hydrogen-bond donors (Lipinski definition) is 3. The second-order valence-corrected chi connectivity index (χ2v) is 9.71. The number of ether oxygens (including phenoxy) is 1. The first-order chi connectivity index (χ1) is 16.3. The molecule has 4 rings (SSSR count). The average Bonchev–Trinajstić information content (AvgIpc) is 3.59. The molecule has 1 saturated carbocycles. The molecule has 7 heteroatoms. The van der Waals surface area contributed by atoms with Gasteiger partial charge in [-0.3, -0.25) is 4.79 Å². The number of carbonyl (C=O) groups excluding carboxylic acids is 2. The van der Waals surface area contributed by atoms with Gasteiger partial charge in [0.2, 0.25) is 5.91 Å². The van der Waals surface area contributed by atoms with E-state index in [1.165, 1.54) is 0 Å². The Labute approximate surface area is 199 Å². The highest BCUT2D eigenvalue weighted by Gasteiger charge is 2.35. The lowest BCUT2D eigenvalue weighted by molar-refractivity contribution is -0.142. The van der Waals surface area contributed by atoms with Crippen LogP contribution in [0.3, 0.4) is 0 Å². The van der Waals surface area contributed by atoms with Crippen LogP contribution >= 0.6 is 0 Å². The molecule has 0 aliphatic heterocycles.